The van der Waals surface area contributed by atoms with E-state index in [9.17, 15) is 13.6 Å². The standard InChI is InChI=1S/C9H8F2INO3/c1-15-7-5(12)4(8(10)11)3-13-6(7)9(14)16-2/h3,8H,1-2H3. The van der Waals surface area contributed by atoms with Crippen molar-refractivity contribution in [2.45, 2.75) is 6.43 Å². The van der Waals surface area contributed by atoms with Crippen molar-refractivity contribution in [3.8, 4) is 5.75 Å². The minimum absolute atomic E-state index is 0.00486. The predicted molar refractivity (Wildman–Crippen MR) is 59.8 cm³/mol. The average molecular weight is 343 g/mol. The number of esters is 1. The van der Waals surface area contributed by atoms with Crippen LogP contribution in [-0.4, -0.2) is 25.2 Å². The first kappa shape index (κ1) is 13.1. The quantitative estimate of drug-likeness (QED) is 0.625. The van der Waals surface area contributed by atoms with Gasteiger partial charge in [0.2, 0.25) is 0 Å². The Hall–Kier alpha value is -0.990. The molecular weight excluding hydrogens is 335 g/mol. The Morgan fingerprint density at radius 2 is 2.12 bits per heavy atom. The molecule has 0 aliphatic carbocycles. The van der Waals surface area contributed by atoms with Crippen LogP contribution in [0.3, 0.4) is 0 Å². The Morgan fingerprint density at radius 3 is 2.56 bits per heavy atom. The van der Waals surface area contributed by atoms with Crippen molar-refractivity contribution >= 4 is 28.6 Å². The molecule has 0 saturated heterocycles. The van der Waals surface area contributed by atoms with Crippen molar-refractivity contribution in [1.29, 1.82) is 0 Å². The zero-order chi connectivity index (χ0) is 12.3. The number of carbonyl (C=O) groups excluding carboxylic acids is 1. The Bertz CT molecular complexity index is 412. The minimum Gasteiger partial charge on any atom is -0.493 e. The third-order valence-electron chi connectivity index (χ3n) is 1.82. The van der Waals surface area contributed by atoms with Crippen LogP contribution in [0.15, 0.2) is 6.20 Å². The van der Waals surface area contributed by atoms with E-state index in [0.717, 1.165) is 6.20 Å². The molecule has 88 valence electrons. The number of hydrogen-bond acceptors (Lipinski definition) is 4. The molecule has 0 unspecified atom stereocenters. The molecule has 4 nitrogen and oxygen atoms in total. The highest BCUT2D eigenvalue weighted by molar-refractivity contribution is 14.1. The molecule has 0 fully saturated rings. The van der Waals surface area contributed by atoms with E-state index in [1.54, 1.807) is 22.6 Å². The molecule has 0 atom stereocenters. The lowest BCUT2D eigenvalue weighted by Gasteiger charge is -2.11. The molecule has 0 radical (unpaired) electrons. The van der Waals surface area contributed by atoms with Crippen LogP contribution in [-0.2, 0) is 4.74 Å². The second-order valence-corrected chi connectivity index (χ2v) is 3.78. The van der Waals surface area contributed by atoms with Crippen LogP contribution in [0.25, 0.3) is 0 Å². The smallest absolute Gasteiger partial charge is 0.360 e. The zero-order valence-electron chi connectivity index (χ0n) is 8.46. The molecule has 0 aliphatic heterocycles. The van der Waals surface area contributed by atoms with Gasteiger partial charge in [-0.3, -0.25) is 0 Å². The van der Waals surface area contributed by atoms with E-state index in [0.29, 0.717) is 0 Å². The summed E-state index contributed by atoms with van der Waals surface area (Å²) in [5, 5.41) is 0. The summed E-state index contributed by atoms with van der Waals surface area (Å²) >= 11 is 1.68. The number of carbonyl (C=O) groups is 1. The van der Waals surface area contributed by atoms with E-state index in [4.69, 9.17) is 4.74 Å². The van der Waals surface area contributed by atoms with E-state index >= 15 is 0 Å². The van der Waals surface area contributed by atoms with Crippen LogP contribution in [0.5, 0.6) is 5.75 Å². The van der Waals surface area contributed by atoms with E-state index in [1.807, 2.05) is 0 Å². The number of alkyl halides is 2. The molecule has 1 rings (SSSR count). The van der Waals surface area contributed by atoms with Crippen molar-refractivity contribution in [3.05, 3.63) is 21.0 Å². The van der Waals surface area contributed by atoms with Gasteiger partial charge in [-0.1, -0.05) is 0 Å². The lowest BCUT2D eigenvalue weighted by molar-refractivity contribution is 0.0589. The second-order valence-electron chi connectivity index (χ2n) is 2.70. The van der Waals surface area contributed by atoms with Crippen molar-refractivity contribution in [1.82, 2.24) is 4.98 Å². The van der Waals surface area contributed by atoms with Gasteiger partial charge in [-0.05, 0) is 22.6 Å². The Balaban J connectivity index is 3.35. The van der Waals surface area contributed by atoms with Gasteiger partial charge in [0.05, 0.1) is 23.4 Å². The summed E-state index contributed by atoms with van der Waals surface area (Å²) in [6.07, 6.45) is -1.72. The summed E-state index contributed by atoms with van der Waals surface area (Å²) in [5.41, 5.74) is -0.385. The molecular formula is C9H8F2INO3. The highest BCUT2D eigenvalue weighted by Gasteiger charge is 2.23. The van der Waals surface area contributed by atoms with Crippen molar-refractivity contribution < 1.29 is 23.0 Å². The van der Waals surface area contributed by atoms with Crippen molar-refractivity contribution in [2.24, 2.45) is 0 Å². The Labute approximate surface area is 104 Å². The van der Waals surface area contributed by atoms with E-state index in [1.165, 1.54) is 14.2 Å². The summed E-state index contributed by atoms with van der Waals surface area (Å²) in [6.45, 7) is 0. The molecule has 0 spiro atoms. The molecule has 1 aromatic rings. The molecule has 0 N–H and O–H groups in total. The fourth-order valence-electron chi connectivity index (χ4n) is 1.06. The summed E-state index contributed by atoms with van der Waals surface area (Å²) < 4.78 is 34.6. The zero-order valence-corrected chi connectivity index (χ0v) is 10.6. The molecule has 0 saturated carbocycles. The number of methoxy groups -OCH3 is 2. The maximum absolute atomic E-state index is 12.5. The fourth-order valence-corrected chi connectivity index (χ4v) is 1.92. The predicted octanol–water partition coefficient (Wildman–Crippen LogP) is 2.42. The minimum atomic E-state index is -2.67. The SMILES string of the molecule is COC(=O)c1ncc(C(F)F)c(I)c1OC. The van der Waals surface area contributed by atoms with Gasteiger partial charge < -0.3 is 9.47 Å². The van der Waals surface area contributed by atoms with Gasteiger partial charge in [-0.25, -0.2) is 18.6 Å². The van der Waals surface area contributed by atoms with E-state index < -0.39 is 12.4 Å². The molecule has 0 bridgehead atoms. The summed E-state index contributed by atoms with van der Waals surface area (Å²) in [5.74, 6) is -0.721. The first-order valence-electron chi connectivity index (χ1n) is 4.11. The first-order chi connectivity index (χ1) is 7.52. The third-order valence-corrected chi connectivity index (χ3v) is 2.93. The van der Waals surface area contributed by atoms with Crippen molar-refractivity contribution in [2.75, 3.05) is 14.2 Å². The Morgan fingerprint density at radius 1 is 1.50 bits per heavy atom. The fraction of sp³-hybridized carbons (Fsp3) is 0.333. The number of rotatable bonds is 3. The van der Waals surface area contributed by atoms with Crippen LogP contribution >= 0.6 is 22.6 Å². The van der Waals surface area contributed by atoms with Crippen LogP contribution in [0.1, 0.15) is 22.5 Å². The molecule has 1 aromatic heterocycles. The maximum atomic E-state index is 12.5. The van der Waals surface area contributed by atoms with Gasteiger partial charge in [0, 0.05) is 6.20 Å². The monoisotopic (exact) mass is 343 g/mol. The third kappa shape index (κ3) is 2.39. The van der Waals surface area contributed by atoms with Crippen LogP contribution in [0, 0.1) is 3.57 Å². The van der Waals surface area contributed by atoms with Gasteiger partial charge in [0.1, 0.15) is 0 Å². The van der Waals surface area contributed by atoms with E-state index in [-0.39, 0.29) is 20.6 Å². The molecule has 0 aliphatic rings. The van der Waals surface area contributed by atoms with Crippen LogP contribution in [0.2, 0.25) is 0 Å². The topological polar surface area (TPSA) is 48.4 Å². The maximum Gasteiger partial charge on any atom is 0.360 e. The van der Waals surface area contributed by atoms with Crippen LogP contribution in [0.4, 0.5) is 8.78 Å². The van der Waals surface area contributed by atoms with Gasteiger partial charge in [-0.15, -0.1) is 0 Å². The largest absolute Gasteiger partial charge is 0.493 e. The number of aromatic nitrogens is 1. The summed E-state index contributed by atoms with van der Waals surface area (Å²) in [6, 6.07) is 0. The normalized spacial score (nSPS) is 10.4. The van der Waals surface area contributed by atoms with Crippen LogP contribution < -0.4 is 4.74 Å². The molecule has 0 aromatic carbocycles. The van der Waals surface area contributed by atoms with Gasteiger partial charge in [0.15, 0.2) is 11.4 Å². The van der Waals surface area contributed by atoms with Gasteiger partial charge in [-0.2, -0.15) is 0 Å². The number of hydrogen-bond donors (Lipinski definition) is 0. The van der Waals surface area contributed by atoms with E-state index in [2.05, 4.69) is 9.72 Å². The van der Waals surface area contributed by atoms with Gasteiger partial charge in [0.25, 0.3) is 6.43 Å². The number of pyridine rings is 1. The highest BCUT2D eigenvalue weighted by Crippen LogP contribution is 2.32. The molecule has 1 heterocycles. The number of ether oxygens (including phenoxy) is 2. The lowest BCUT2D eigenvalue weighted by Crippen LogP contribution is -2.09. The molecule has 7 heteroatoms. The highest BCUT2D eigenvalue weighted by atomic mass is 127. The lowest BCUT2D eigenvalue weighted by atomic mass is 10.2. The van der Waals surface area contributed by atoms with Gasteiger partial charge >= 0.3 is 5.97 Å². The molecule has 16 heavy (non-hydrogen) atoms. The molecule has 0 amide bonds. The first-order valence-corrected chi connectivity index (χ1v) is 5.19. The summed E-state index contributed by atoms with van der Waals surface area (Å²) in [7, 11) is 2.46. The number of halogens is 3. The summed E-state index contributed by atoms with van der Waals surface area (Å²) in [4.78, 5) is 14.9. The average Bonchev–Trinajstić information content (AvgIpc) is 2.26. The number of nitrogens with zero attached hydrogens (tertiary/aromatic N) is 1. The Kier molecular flexibility index (Phi) is 4.39. The second kappa shape index (κ2) is 5.37. The van der Waals surface area contributed by atoms with Crippen molar-refractivity contribution in [3.63, 3.8) is 0 Å².